The van der Waals surface area contributed by atoms with E-state index in [0.29, 0.717) is 29.9 Å². The summed E-state index contributed by atoms with van der Waals surface area (Å²) in [4.78, 5) is 13.3. The van der Waals surface area contributed by atoms with Crippen molar-refractivity contribution in [3.8, 4) is 0 Å². The number of unbranched alkanes of at least 4 members (excludes halogenated alkanes) is 2. The molecule has 1 aromatic carbocycles. The third-order valence-corrected chi connectivity index (χ3v) is 8.95. The molecule has 1 unspecified atom stereocenters. The van der Waals surface area contributed by atoms with Crippen LogP contribution in [0.1, 0.15) is 90.7 Å². The number of Topliss-reactive ketones (excluding diaryl/α,β-unsaturated/α-hetero) is 1. The Morgan fingerprint density at radius 1 is 1.27 bits per heavy atom. The topological polar surface area (TPSA) is 32.7 Å². The van der Waals surface area contributed by atoms with Crippen molar-refractivity contribution in [1.29, 1.82) is 0 Å². The van der Waals surface area contributed by atoms with Crippen molar-refractivity contribution >= 4 is 11.5 Å². The van der Waals surface area contributed by atoms with Gasteiger partial charge < -0.3 is 0 Å². The van der Waals surface area contributed by atoms with Gasteiger partial charge in [0.15, 0.2) is 5.78 Å². The number of rotatable bonds is 8. The maximum absolute atomic E-state index is 13.9. The van der Waals surface area contributed by atoms with Gasteiger partial charge in [0, 0.05) is 19.4 Å². The molecule has 164 valence electrons. The summed E-state index contributed by atoms with van der Waals surface area (Å²) < 4.78 is 13.9. The van der Waals surface area contributed by atoms with E-state index in [0.717, 1.165) is 37.3 Å². The predicted octanol–water partition coefficient (Wildman–Crippen LogP) is 6.54. The fourth-order valence-corrected chi connectivity index (χ4v) is 6.48. The van der Waals surface area contributed by atoms with E-state index in [9.17, 15) is 9.18 Å². The zero-order valence-electron chi connectivity index (χ0n) is 19.1. The summed E-state index contributed by atoms with van der Waals surface area (Å²) in [7, 11) is 0. The van der Waals surface area contributed by atoms with Gasteiger partial charge in [-0.2, -0.15) is 5.10 Å². The van der Waals surface area contributed by atoms with Gasteiger partial charge in [0.25, 0.3) is 0 Å². The number of carbonyl (C=O) groups is 1. The zero-order valence-corrected chi connectivity index (χ0v) is 19.1. The van der Waals surface area contributed by atoms with Crippen LogP contribution in [0.3, 0.4) is 0 Å². The fourth-order valence-electron chi connectivity index (χ4n) is 6.48. The fraction of sp³-hybridized carbons (Fsp3) is 0.692. The molecule has 4 atom stereocenters. The van der Waals surface area contributed by atoms with Crippen LogP contribution in [0.15, 0.2) is 29.4 Å². The Balaban J connectivity index is 1.49. The second kappa shape index (κ2) is 8.09. The van der Waals surface area contributed by atoms with Crippen molar-refractivity contribution < 1.29 is 9.18 Å². The highest BCUT2D eigenvalue weighted by Gasteiger charge is 2.61. The lowest BCUT2D eigenvalue weighted by molar-refractivity contribution is -0.115. The third kappa shape index (κ3) is 3.61. The number of halogens is 1. The lowest BCUT2D eigenvalue weighted by Gasteiger charge is -2.39. The van der Waals surface area contributed by atoms with Gasteiger partial charge in [0.2, 0.25) is 0 Å². The number of ketones is 1. The highest BCUT2D eigenvalue weighted by molar-refractivity contribution is 6.40. The van der Waals surface area contributed by atoms with E-state index >= 15 is 0 Å². The van der Waals surface area contributed by atoms with Gasteiger partial charge in [0.1, 0.15) is 11.5 Å². The standard InChI is InChI=1S/C26H37FN2O/c1-5-6-7-13-29-23(18-9-8-10-21(27)14-18)17-22(28-29)24(30)16-20-15-19-11-12-26(20,4)25(19,2)3/h8-10,14,19-20,23H,5-7,11-13,15-17H2,1-4H3/t19-,20+,23?,26-/m0/s1. The minimum absolute atomic E-state index is 0.0245. The molecule has 1 aromatic rings. The summed E-state index contributed by atoms with van der Waals surface area (Å²) in [6, 6.07) is 6.77. The van der Waals surface area contributed by atoms with Crippen LogP contribution in [0.2, 0.25) is 0 Å². The second-order valence-corrected chi connectivity index (χ2v) is 10.6. The van der Waals surface area contributed by atoms with Crippen molar-refractivity contribution in [2.24, 2.45) is 27.8 Å². The van der Waals surface area contributed by atoms with Crippen molar-refractivity contribution in [3.63, 3.8) is 0 Å². The molecular weight excluding hydrogens is 375 g/mol. The van der Waals surface area contributed by atoms with E-state index in [4.69, 9.17) is 5.10 Å². The third-order valence-electron chi connectivity index (χ3n) is 8.95. The molecular formula is C26H37FN2O. The Bertz CT molecular complexity index is 832. The maximum atomic E-state index is 13.9. The second-order valence-electron chi connectivity index (χ2n) is 10.6. The maximum Gasteiger partial charge on any atom is 0.179 e. The molecule has 0 saturated heterocycles. The van der Waals surface area contributed by atoms with Crippen LogP contribution in [-0.4, -0.2) is 23.0 Å². The summed E-state index contributed by atoms with van der Waals surface area (Å²) in [5, 5.41) is 6.83. The first-order valence-corrected chi connectivity index (χ1v) is 11.9. The van der Waals surface area contributed by atoms with Gasteiger partial charge in [0.05, 0.1) is 6.04 Å². The van der Waals surface area contributed by atoms with Crippen molar-refractivity contribution in [1.82, 2.24) is 5.01 Å². The van der Waals surface area contributed by atoms with E-state index in [1.54, 1.807) is 12.1 Å². The summed E-state index contributed by atoms with van der Waals surface area (Å²) in [6.07, 6.45) is 8.28. The van der Waals surface area contributed by atoms with Crippen LogP contribution >= 0.6 is 0 Å². The van der Waals surface area contributed by atoms with Crippen LogP contribution in [-0.2, 0) is 4.79 Å². The first-order chi connectivity index (χ1) is 14.3. The van der Waals surface area contributed by atoms with Gasteiger partial charge in [-0.1, -0.05) is 52.7 Å². The molecule has 4 heteroatoms. The Kier molecular flexibility index (Phi) is 5.80. The van der Waals surface area contributed by atoms with Crippen molar-refractivity contribution in [2.45, 2.75) is 85.1 Å². The van der Waals surface area contributed by atoms with Crippen LogP contribution in [0.4, 0.5) is 4.39 Å². The summed E-state index contributed by atoms with van der Waals surface area (Å²) >= 11 is 0. The van der Waals surface area contributed by atoms with Gasteiger partial charge in [-0.15, -0.1) is 0 Å². The highest BCUT2D eigenvalue weighted by atomic mass is 19.1. The number of hydrogen-bond donors (Lipinski definition) is 0. The van der Waals surface area contributed by atoms with E-state index in [-0.39, 0.29) is 23.1 Å². The SMILES string of the molecule is CCCCCN1N=C(C(=O)C[C@H]2C[C@@H]3CC[C@]2(C)C3(C)C)CC1c1cccc(F)c1. The molecule has 2 aliphatic carbocycles. The van der Waals surface area contributed by atoms with E-state index in [1.807, 2.05) is 11.1 Å². The molecule has 0 radical (unpaired) electrons. The Morgan fingerprint density at radius 2 is 2.07 bits per heavy atom. The van der Waals surface area contributed by atoms with Crippen LogP contribution in [0.5, 0.6) is 0 Å². The lowest BCUT2D eigenvalue weighted by Crippen LogP contribution is -2.34. The smallest absolute Gasteiger partial charge is 0.179 e. The number of nitrogens with zero attached hydrogens (tertiary/aromatic N) is 2. The molecule has 1 aliphatic heterocycles. The summed E-state index contributed by atoms with van der Waals surface area (Å²) in [5.41, 5.74) is 2.21. The molecule has 0 spiro atoms. The largest absolute Gasteiger partial charge is 0.293 e. The molecule has 0 amide bonds. The lowest BCUT2D eigenvalue weighted by atomic mass is 9.65. The molecule has 0 N–H and O–H groups in total. The van der Waals surface area contributed by atoms with Gasteiger partial charge in [-0.05, 0) is 66.0 Å². The average Bonchev–Trinajstić information content (AvgIpc) is 3.28. The predicted molar refractivity (Wildman–Crippen MR) is 120 cm³/mol. The molecule has 3 aliphatic rings. The van der Waals surface area contributed by atoms with Gasteiger partial charge in [-0.3, -0.25) is 9.80 Å². The molecule has 4 rings (SSSR count). The summed E-state index contributed by atoms with van der Waals surface area (Å²) in [5.74, 6) is 1.20. The molecule has 2 fully saturated rings. The van der Waals surface area contributed by atoms with Crippen LogP contribution in [0, 0.1) is 28.5 Å². The van der Waals surface area contributed by atoms with Crippen LogP contribution in [0.25, 0.3) is 0 Å². The van der Waals surface area contributed by atoms with Crippen LogP contribution < -0.4 is 0 Å². The monoisotopic (exact) mass is 412 g/mol. The Morgan fingerprint density at radius 3 is 2.70 bits per heavy atom. The van der Waals surface area contributed by atoms with E-state index in [2.05, 4.69) is 27.7 Å². The molecule has 0 aromatic heterocycles. The number of fused-ring (bicyclic) bond motifs is 2. The van der Waals surface area contributed by atoms with Crippen molar-refractivity contribution in [3.05, 3.63) is 35.6 Å². The number of hydrogen-bond acceptors (Lipinski definition) is 3. The first kappa shape index (κ1) is 21.5. The van der Waals surface area contributed by atoms with Gasteiger partial charge in [-0.25, -0.2) is 4.39 Å². The zero-order chi connectivity index (χ0) is 21.5. The Labute approximate surface area is 181 Å². The van der Waals surface area contributed by atoms with E-state index < -0.39 is 0 Å². The molecule has 2 saturated carbocycles. The highest BCUT2D eigenvalue weighted by Crippen LogP contribution is 2.68. The Hall–Kier alpha value is -1.71. The molecule has 2 bridgehead atoms. The first-order valence-electron chi connectivity index (χ1n) is 11.9. The number of hydrazone groups is 1. The summed E-state index contributed by atoms with van der Waals surface area (Å²) in [6.45, 7) is 10.2. The van der Waals surface area contributed by atoms with E-state index in [1.165, 1.54) is 25.3 Å². The quantitative estimate of drug-likeness (QED) is 0.454. The average molecular weight is 413 g/mol. The number of benzene rings is 1. The molecule has 3 nitrogen and oxygen atoms in total. The minimum atomic E-state index is -0.224. The molecule has 1 heterocycles. The van der Waals surface area contributed by atoms with Crippen molar-refractivity contribution in [2.75, 3.05) is 6.54 Å². The minimum Gasteiger partial charge on any atom is -0.293 e. The molecule has 30 heavy (non-hydrogen) atoms. The normalized spacial score (nSPS) is 32.0. The number of carbonyl (C=O) groups excluding carboxylic acids is 1. The van der Waals surface area contributed by atoms with Gasteiger partial charge >= 0.3 is 0 Å².